The van der Waals surface area contributed by atoms with E-state index >= 15 is 0 Å². The van der Waals surface area contributed by atoms with Gasteiger partial charge in [-0.3, -0.25) is 9.78 Å². The molecule has 0 aliphatic carbocycles. The number of halogens is 1. The molecular formula is C17H15ClN2O2. The van der Waals surface area contributed by atoms with Crippen LogP contribution >= 0.6 is 11.6 Å². The lowest BCUT2D eigenvalue weighted by atomic mass is 10.1. The molecule has 1 aromatic carbocycles. The minimum Gasteiger partial charge on any atom is -0.464 e. The van der Waals surface area contributed by atoms with Gasteiger partial charge >= 0.3 is 0 Å². The van der Waals surface area contributed by atoms with E-state index in [-0.39, 0.29) is 12.3 Å². The van der Waals surface area contributed by atoms with E-state index in [1.54, 1.807) is 12.5 Å². The quantitative estimate of drug-likeness (QED) is 0.799. The zero-order chi connectivity index (χ0) is 15.5. The van der Waals surface area contributed by atoms with Gasteiger partial charge in [0.25, 0.3) is 0 Å². The van der Waals surface area contributed by atoms with Crippen LogP contribution in [0.25, 0.3) is 11.0 Å². The van der Waals surface area contributed by atoms with Gasteiger partial charge in [0.1, 0.15) is 5.58 Å². The van der Waals surface area contributed by atoms with Crippen LogP contribution < -0.4 is 5.32 Å². The van der Waals surface area contributed by atoms with E-state index in [1.165, 1.54) is 0 Å². The smallest absolute Gasteiger partial charge is 0.224 e. The number of aromatic nitrogens is 1. The van der Waals surface area contributed by atoms with Crippen molar-refractivity contribution in [3.05, 3.63) is 64.6 Å². The molecule has 2 aromatic heterocycles. The van der Waals surface area contributed by atoms with E-state index in [2.05, 4.69) is 10.3 Å². The lowest BCUT2D eigenvalue weighted by molar-refractivity contribution is -0.120. The van der Waals surface area contributed by atoms with Crippen LogP contribution in [-0.4, -0.2) is 10.9 Å². The molecule has 0 aliphatic rings. The largest absolute Gasteiger partial charge is 0.464 e. The third kappa shape index (κ3) is 3.12. The summed E-state index contributed by atoms with van der Waals surface area (Å²) < 4.78 is 5.50. The molecule has 5 heteroatoms. The van der Waals surface area contributed by atoms with Gasteiger partial charge in [-0.2, -0.15) is 0 Å². The number of nitrogens with one attached hydrogen (secondary N) is 1. The molecule has 1 amide bonds. The SMILES string of the molecule is Cc1cc2occ(CC(=O)NCc3ccccn3)c2cc1Cl. The number of pyridine rings is 1. The first kappa shape index (κ1) is 14.6. The van der Waals surface area contributed by atoms with Crippen LogP contribution in [0.2, 0.25) is 5.02 Å². The predicted molar refractivity (Wildman–Crippen MR) is 85.7 cm³/mol. The Labute approximate surface area is 133 Å². The number of hydrogen-bond acceptors (Lipinski definition) is 3. The van der Waals surface area contributed by atoms with Crippen molar-refractivity contribution in [3.63, 3.8) is 0 Å². The van der Waals surface area contributed by atoms with Crippen LogP contribution in [0.3, 0.4) is 0 Å². The molecule has 0 fully saturated rings. The average molecular weight is 315 g/mol. The Morgan fingerprint density at radius 1 is 1.36 bits per heavy atom. The van der Waals surface area contributed by atoms with Crippen LogP contribution in [0, 0.1) is 6.92 Å². The molecule has 0 radical (unpaired) electrons. The summed E-state index contributed by atoms with van der Waals surface area (Å²) in [6, 6.07) is 9.33. The van der Waals surface area contributed by atoms with E-state index in [0.29, 0.717) is 11.6 Å². The highest BCUT2D eigenvalue weighted by Crippen LogP contribution is 2.27. The van der Waals surface area contributed by atoms with Crippen LogP contribution in [0.1, 0.15) is 16.8 Å². The monoisotopic (exact) mass is 314 g/mol. The molecule has 3 rings (SSSR count). The highest BCUT2D eigenvalue weighted by atomic mass is 35.5. The van der Waals surface area contributed by atoms with E-state index < -0.39 is 0 Å². The van der Waals surface area contributed by atoms with Gasteiger partial charge in [0.2, 0.25) is 5.91 Å². The lowest BCUT2D eigenvalue weighted by Gasteiger charge is -2.04. The van der Waals surface area contributed by atoms with Crippen LogP contribution in [0.4, 0.5) is 0 Å². The summed E-state index contributed by atoms with van der Waals surface area (Å²) in [5.74, 6) is -0.0787. The van der Waals surface area contributed by atoms with Gasteiger partial charge in [0.05, 0.1) is 24.9 Å². The van der Waals surface area contributed by atoms with Crippen molar-refractivity contribution < 1.29 is 9.21 Å². The molecule has 0 saturated heterocycles. The summed E-state index contributed by atoms with van der Waals surface area (Å²) in [6.07, 6.45) is 3.56. The number of aryl methyl sites for hydroxylation is 1. The first-order valence-electron chi connectivity index (χ1n) is 6.96. The highest BCUT2D eigenvalue weighted by Gasteiger charge is 2.12. The van der Waals surface area contributed by atoms with Crippen molar-refractivity contribution in [3.8, 4) is 0 Å². The zero-order valence-electron chi connectivity index (χ0n) is 12.1. The van der Waals surface area contributed by atoms with Gasteiger partial charge in [0.15, 0.2) is 0 Å². The fourth-order valence-electron chi connectivity index (χ4n) is 2.27. The van der Waals surface area contributed by atoms with E-state index in [9.17, 15) is 4.79 Å². The maximum Gasteiger partial charge on any atom is 0.224 e. The molecule has 1 N–H and O–H groups in total. The van der Waals surface area contributed by atoms with Gasteiger partial charge < -0.3 is 9.73 Å². The second-order valence-electron chi connectivity index (χ2n) is 5.13. The predicted octanol–water partition coefficient (Wildman–Crippen LogP) is 3.65. The summed E-state index contributed by atoms with van der Waals surface area (Å²) >= 11 is 6.14. The number of nitrogens with zero attached hydrogens (tertiary/aromatic N) is 1. The summed E-state index contributed by atoms with van der Waals surface area (Å²) in [6.45, 7) is 2.33. The maximum atomic E-state index is 12.1. The number of rotatable bonds is 4. The number of hydrogen-bond donors (Lipinski definition) is 1. The van der Waals surface area contributed by atoms with Gasteiger partial charge in [-0.1, -0.05) is 17.7 Å². The fourth-order valence-corrected chi connectivity index (χ4v) is 2.43. The van der Waals surface area contributed by atoms with Crippen molar-refractivity contribution in [2.45, 2.75) is 19.9 Å². The number of carbonyl (C=O) groups excluding carboxylic acids is 1. The Morgan fingerprint density at radius 2 is 2.23 bits per heavy atom. The van der Waals surface area contributed by atoms with E-state index in [4.69, 9.17) is 16.0 Å². The number of furan rings is 1. The van der Waals surface area contributed by atoms with E-state index in [0.717, 1.165) is 27.8 Å². The first-order chi connectivity index (χ1) is 10.6. The molecule has 22 heavy (non-hydrogen) atoms. The zero-order valence-corrected chi connectivity index (χ0v) is 12.9. The minimum absolute atomic E-state index is 0.0787. The van der Waals surface area contributed by atoms with Gasteiger partial charge in [-0.15, -0.1) is 0 Å². The molecule has 3 aromatic rings. The fraction of sp³-hybridized carbons (Fsp3) is 0.176. The molecular weight excluding hydrogens is 300 g/mol. The van der Waals surface area contributed by atoms with Crippen molar-refractivity contribution in [1.82, 2.24) is 10.3 Å². The van der Waals surface area contributed by atoms with Crippen molar-refractivity contribution in [1.29, 1.82) is 0 Å². The first-order valence-corrected chi connectivity index (χ1v) is 7.34. The average Bonchev–Trinajstić information content (AvgIpc) is 2.89. The van der Waals surface area contributed by atoms with Crippen molar-refractivity contribution in [2.24, 2.45) is 0 Å². The molecule has 112 valence electrons. The summed E-state index contributed by atoms with van der Waals surface area (Å²) in [5, 5.41) is 4.40. The molecule has 0 bridgehead atoms. The molecule has 0 saturated carbocycles. The topological polar surface area (TPSA) is 55.1 Å². The third-order valence-electron chi connectivity index (χ3n) is 3.48. The van der Waals surface area contributed by atoms with Gasteiger partial charge in [0, 0.05) is 22.2 Å². The van der Waals surface area contributed by atoms with Crippen LogP contribution in [-0.2, 0) is 17.8 Å². The second-order valence-corrected chi connectivity index (χ2v) is 5.54. The third-order valence-corrected chi connectivity index (χ3v) is 3.89. The van der Waals surface area contributed by atoms with Crippen LogP contribution in [0.15, 0.2) is 47.2 Å². The normalized spacial score (nSPS) is 10.8. The molecule has 4 nitrogen and oxygen atoms in total. The standard InChI is InChI=1S/C17H15ClN2O2/c1-11-6-16-14(8-15(11)18)12(10-22-16)7-17(21)20-9-13-4-2-3-5-19-13/h2-6,8,10H,7,9H2,1H3,(H,20,21). The Hall–Kier alpha value is -2.33. The number of amides is 1. The number of carbonyl (C=O) groups is 1. The summed E-state index contributed by atoms with van der Waals surface area (Å²) in [5.41, 5.74) is 3.35. The Bertz CT molecular complexity index is 812. The molecule has 0 atom stereocenters. The minimum atomic E-state index is -0.0787. The molecule has 0 aliphatic heterocycles. The summed E-state index contributed by atoms with van der Waals surface area (Å²) in [7, 11) is 0. The molecule has 0 unspecified atom stereocenters. The van der Waals surface area contributed by atoms with Crippen molar-refractivity contribution >= 4 is 28.5 Å². The number of fused-ring (bicyclic) bond motifs is 1. The lowest BCUT2D eigenvalue weighted by Crippen LogP contribution is -2.24. The maximum absolute atomic E-state index is 12.1. The van der Waals surface area contributed by atoms with E-state index in [1.807, 2.05) is 37.3 Å². The van der Waals surface area contributed by atoms with Crippen molar-refractivity contribution in [2.75, 3.05) is 0 Å². The highest BCUT2D eigenvalue weighted by molar-refractivity contribution is 6.32. The van der Waals surface area contributed by atoms with Crippen LogP contribution in [0.5, 0.6) is 0 Å². The Morgan fingerprint density at radius 3 is 3.00 bits per heavy atom. The second kappa shape index (κ2) is 6.20. The Kier molecular flexibility index (Phi) is 4.11. The van der Waals surface area contributed by atoms with Gasteiger partial charge in [-0.25, -0.2) is 0 Å². The summed E-state index contributed by atoms with van der Waals surface area (Å²) in [4.78, 5) is 16.2. The number of benzene rings is 1. The molecule has 2 heterocycles. The molecule has 0 spiro atoms. The van der Waals surface area contributed by atoms with Gasteiger partial charge in [-0.05, 0) is 36.8 Å². The Balaban J connectivity index is 1.70.